The summed E-state index contributed by atoms with van der Waals surface area (Å²) in [4.78, 5) is 0. The van der Waals surface area contributed by atoms with Crippen molar-refractivity contribution in [2.45, 2.75) is 45.3 Å². The van der Waals surface area contributed by atoms with E-state index in [4.69, 9.17) is 9.47 Å². The van der Waals surface area contributed by atoms with Crippen LogP contribution in [0.5, 0.6) is 0 Å². The van der Waals surface area contributed by atoms with Crippen LogP contribution in [0, 0.1) is 19.8 Å². The average molecular weight is 293 g/mol. The highest BCUT2D eigenvalue weighted by Crippen LogP contribution is 2.37. The Bertz CT molecular complexity index is 480. The maximum atomic E-state index is 6.05. The highest BCUT2D eigenvalue weighted by atomic mass is 16.5. The van der Waals surface area contributed by atoms with Gasteiger partial charge in [-0.05, 0) is 33.1 Å². The van der Waals surface area contributed by atoms with Gasteiger partial charge in [0.05, 0.1) is 11.8 Å². The molecule has 0 bridgehead atoms. The number of nitrogens with zero attached hydrogens (tertiary/aromatic N) is 2. The molecule has 3 heterocycles. The Morgan fingerprint density at radius 2 is 1.95 bits per heavy atom. The Morgan fingerprint density at radius 1 is 1.19 bits per heavy atom. The lowest BCUT2D eigenvalue weighted by Gasteiger charge is -2.26. The largest absolute Gasteiger partial charge is 0.381 e. The normalized spacial score (nSPS) is 27.4. The molecule has 0 amide bonds. The Hall–Kier alpha value is -0.910. The lowest BCUT2D eigenvalue weighted by Crippen LogP contribution is -2.38. The zero-order valence-electron chi connectivity index (χ0n) is 13.4. The minimum atomic E-state index is 0.200. The first-order valence-electron chi connectivity index (χ1n) is 8.09. The Kier molecular flexibility index (Phi) is 4.62. The number of aryl methyl sites for hydroxylation is 2. The molecule has 21 heavy (non-hydrogen) atoms. The van der Waals surface area contributed by atoms with E-state index in [0.29, 0.717) is 12.0 Å². The third-order valence-corrected chi connectivity index (χ3v) is 4.95. The molecular formula is C16H27N3O2. The van der Waals surface area contributed by atoms with Crippen molar-refractivity contribution in [1.82, 2.24) is 15.1 Å². The highest BCUT2D eigenvalue weighted by molar-refractivity contribution is 5.28. The lowest BCUT2D eigenvalue weighted by atomic mass is 9.93. The first kappa shape index (κ1) is 15.0. The van der Waals surface area contributed by atoms with Gasteiger partial charge in [0.2, 0.25) is 0 Å². The van der Waals surface area contributed by atoms with Crippen molar-refractivity contribution in [3.05, 3.63) is 17.0 Å². The summed E-state index contributed by atoms with van der Waals surface area (Å²) in [7, 11) is 2.01. The van der Waals surface area contributed by atoms with Crippen LogP contribution in [0.1, 0.15) is 42.3 Å². The molecule has 0 saturated carbocycles. The molecule has 1 aromatic rings. The molecule has 1 N–H and O–H groups in total. The summed E-state index contributed by atoms with van der Waals surface area (Å²) in [5.74, 6) is 0.550. The van der Waals surface area contributed by atoms with Crippen molar-refractivity contribution >= 4 is 0 Å². The molecule has 2 saturated heterocycles. The van der Waals surface area contributed by atoms with Gasteiger partial charge in [0, 0.05) is 56.6 Å². The number of aromatic nitrogens is 2. The minimum absolute atomic E-state index is 0.200. The molecule has 118 valence electrons. The first-order chi connectivity index (χ1) is 10.2. The quantitative estimate of drug-likeness (QED) is 0.921. The van der Waals surface area contributed by atoms with Crippen LogP contribution < -0.4 is 5.32 Å². The van der Waals surface area contributed by atoms with Crippen molar-refractivity contribution in [3.8, 4) is 0 Å². The van der Waals surface area contributed by atoms with E-state index >= 15 is 0 Å². The summed E-state index contributed by atoms with van der Waals surface area (Å²) < 4.78 is 13.4. The average Bonchev–Trinajstić information content (AvgIpc) is 3.03. The van der Waals surface area contributed by atoms with Crippen LogP contribution in [0.15, 0.2) is 0 Å². The lowest BCUT2D eigenvalue weighted by molar-refractivity contribution is 0.0699. The van der Waals surface area contributed by atoms with Crippen LogP contribution in [0.3, 0.4) is 0 Å². The van der Waals surface area contributed by atoms with Crippen molar-refractivity contribution in [2.24, 2.45) is 13.0 Å². The summed E-state index contributed by atoms with van der Waals surface area (Å²) in [5, 5.41) is 8.26. The van der Waals surface area contributed by atoms with Crippen LogP contribution in [-0.4, -0.2) is 42.2 Å². The van der Waals surface area contributed by atoms with E-state index in [9.17, 15) is 0 Å². The molecule has 2 atom stereocenters. The van der Waals surface area contributed by atoms with Gasteiger partial charge in [-0.1, -0.05) is 0 Å². The smallest absolute Gasteiger partial charge is 0.0901 e. The molecule has 5 nitrogen and oxygen atoms in total. The molecular weight excluding hydrogens is 266 g/mol. The van der Waals surface area contributed by atoms with Crippen molar-refractivity contribution < 1.29 is 9.47 Å². The van der Waals surface area contributed by atoms with Crippen LogP contribution in [0.4, 0.5) is 0 Å². The molecule has 2 aliphatic heterocycles. The van der Waals surface area contributed by atoms with Crippen LogP contribution in [0.25, 0.3) is 0 Å². The standard InChI is InChI=1S/C16H27N3O2/c1-11-15(12(2)19(3)18-11)16-13(4-9-21-16)10-17-14-5-7-20-8-6-14/h13-14,16-17H,4-10H2,1-3H3/t13-,16-/m0/s1. The van der Waals surface area contributed by atoms with E-state index in [0.717, 1.165) is 51.3 Å². The van der Waals surface area contributed by atoms with Crippen LogP contribution in [-0.2, 0) is 16.5 Å². The number of ether oxygens (including phenoxy) is 2. The van der Waals surface area contributed by atoms with Gasteiger partial charge in [-0.25, -0.2) is 0 Å². The Labute approximate surface area is 127 Å². The van der Waals surface area contributed by atoms with Gasteiger partial charge in [0.25, 0.3) is 0 Å². The van der Waals surface area contributed by atoms with Crippen molar-refractivity contribution in [1.29, 1.82) is 0 Å². The SMILES string of the molecule is Cc1nn(C)c(C)c1[C@H]1OCC[C@H]1CNC1CCOCC1. The monoisotopic (exact) mass is 293 g/mol. The highest BCUT2D eigenvalue weighted by Gasteiger charge is 2.33. The molecule has 5 heteroatoms. The fourth-order valence-electron chi connectivity index (χ4n) is 3.58. The molecule has 1 aromatic heterocycles. The third-order valence-electron chi connectivity index (χ3n) is 4.95. The fraction of sp³-hybridized carbons (Fsp3) is 0.812. The van der Waals surface area contributed by atoms with E-state index < -0.39 is 0 Å². The van der Waals surface area contributed by atoms with E-state index in [-0.39, 0.29) is 6.10 Å². The molecule has 2 fully saturated rings. The van der Waals surface area contributed by atoms with Gasteiger partial charge in [0.1, 0.15) is 0 Å². The van der Waals surface area contributed by atoms with Gasteiger partial charge in [-0.2, -0.15) is 5.10 Å². The van der Waals surface area contributed by atoms with Gasteiger partial charge in [-0.15, -0.1) is 0 Å². The summed E-state index contributed by atoms with van der Waals surface area (Å²) in [5.41, 5.74) is 3.64. The minimum Gasteiger partial charge on any atom is -0.381 e. The van der Waals surface area contributed by atoms with E-state index in [1.54, 1.807) is 0 Å². The molecule has 2 aliphatic rings. The maximum Gasteiger partial charge on any atom is 0.0901 e. The number of hydrogen-bond donors (Lipinski definition) is 1. The Balaban J connectivity index is 1.64. The number of hydrogen-bond acceptors (Lipinski definition) is 4. The predicted octanol–water partition coefficient (Wildman–Crippen LogP) is 1.88. The molecule has 0 unspecified atom stereocenters. The van der Waals surface area contributed by atoms with Crippen molar-refractivity contribution in [2.75, 3.05) is 26.4 Å². The third kappa shape index (κ3) is 3.15. The molecule has 0 aliphatic carbocycles. The van der Waals surface area contributed by atoms with E-state index in [1.807, 2.05) is 11.7 Å². The van der Waals surface area contributed by atoms with Gasteiger partial charge >= 0.3 is 0 Å². The zero-order valence-corrected chi connectivity index (χ0v) is 13.4. The number of nitrogens with one attached hydrogen (secondary N) is 1. The summed E-state index contributed by atoms with van der Waals surface area (Å²) in [6.45, 7) is 7.90. The van der Waals surface area contributed by atoms with Crippen molar-refractivity contribution in [3.63, 3.8) is 0 Å². The van der Waals surface area contributed by atoms with Gasteiger partial charge in [-0.3, -0.25) is 4.68 Å². The predicted molar refractivity (Wildman–Crippen MR) is 81.3 cm³/mol. The second-order valence-corrected chi connectivity index (χ2v) is 6.34. The van der Waals surface area contributed by atoms with Crippen LogP contribution in [0.2, 0.25) is 0 Å². The van der Waals surface area contributed by atoms with Gasteiger partial charge < -0.3 is 14.8 Å². The molecule has 3 rings (SSSR count). The first-order valence-corrected chi connectivity index (χ1v) is 8.09. The second kappa shape index (κ2) is 6.46. The maximum absolute atomic E-state index is 6.05. The van der Waals surface area contributed by atoms with Crippen LogP contribution >= 0.6 is 0 Å². The molecule has 0 aromatic carbocycles. The zero-order chi connectivity index (χ0) is 14.8. The van der Waals surface area contributed by atoms with E-state index in [2.05, 4.69) is 24.3 Å². The molecule has 0 spiro atoms. The Morgan fingerprint density at radius 3 is 2.62 bits per heavy atom. The molecule has 0 radical (unpaired) electrons. The topological polar surface area (TPSA) is 48.3 Å². The fourth-order valence-corrected chi connectivity index (χ4v) is 3.58. The number of rotatable bonds is 4. The van der Waals surface area contributed by atoms with E-state index in [1.165, 1.54) is 11.3 Å². The van der Waals surface area contributed by atoms with Gasteiger partial charge in [0.15, 0.2) is 0 Å². The summed E-state index contributed by atoms with van der Waals surface area (Å²) in [6, 6.07) is 0.607. The second-order valence-electron chi connectivity index (χ2n) is 6.34. The summed E-state index contributed by atoms with van der Waals surface area (Å²) in [6.07, 6.45) is 3.59. The summed E-state index contributed by atoms with van der Waals surface area (Å²) >= 11 is 0.